The minimum atomic E-state index is -3.88. The molecule has 0 aliphatic heterocycles. The molecule has 0 aliphatic carbocycles. The molecule has 0 unspecified atom stereocenters. The number of hydrogen-bond donors (Lipinski definition) is 2. The van der Waals surface area contributed by atoms with Gasteiger partial charge in [-0.3, -0.25) is 9.35 Å². The van der Waals surface area contributed by atoms with Crippen molar-refractivity contribution < 1.29 is 22.2 Å². The van der Waals surface area contributed by atoms with Crippen LogP contribution in [0.4, 0.5) is 0 Å². The van der Waals surface area contributed by atoms with Gasteiger partial charge in [-0.2, -0.15) is 8.42 Å². The van der Waals surface area contributed by atoms with Crippen molar-refractivity contribution in [2.24, 2.45) is 5.41 Å². The number of quaternary nitrogens is 1. The monoisotopic (exact) mass is 309 g/mol. The Morgan fingerprint density at radius 1 is 1.20 bits per heavy atom. The highest BCUT2D eigenvalue weighted by molar-refractivity contribution is 7.85. The van der Waals surface area contributed by atoms with Crippen LogP contribution in [0.2, 0.25) is 0 Å². The molecule has 2 N–H and O–H groups in total. The summed E-state index contributed by atoms with van der Waals surface area (Å²) in [5, 5.41) is 2.88. The zero-order valence-electron chi connectivity index (χ0n) is 13.3. The fourth-order valence-electron chi connectivity index (χ4n) is 1.83. The summed E-state index contributed by atoms with van der Waals surface area (Å²) < 4.78 is 30.6. The SMILES string of the molecule is CC(C)(C)CC(=O)NCC[N+](C)(C)CCCS(=O)(=O)O. The van der Waals surface area contributed by atoms with Gasteiger partial charge in [-0.1, -0.05) is 20.8 Å². The Balaban J connectivity index is 3.96. The molecule has 0 aromatic carbocycles. The van der Waals surface area contributed by atoms with E-state index in [4.69, 9.17) is 4.55 Å². The zero-order valence-corrected chi connectivity index (χ0v) is 14.1. The van der Waals surface area contributed by atoms with E-state index in [1.165, 1.54) is 0 Å². The number of nitrogens with zero attached hydrogens (tertiary/aromatic N) is 1. The maximum absolute atomic E-state index is 11.7. The summed E-state index contributed by atoms with van der Waals surface area (Å²) in [7, 11) is 0.0637. The molecule has 0 aromatic heterocycles. The summed E-state index contributed by atoms with van der Waals surface area (Å²) in [5.74, 6) is -0.180. The zero-order chi connectivity index (χ0) is 16.0. The van der Waals surface area contributed by atoms with Crippen LogP contribution in [-0.2, 0) is 14.9 Å². The first-order chi connectivity index (χ1) is 8.81. The van der Waals surface area contributed by atoms with Crippen molar-refractivity contribution in [1.82, 2.24) is 5.32 Å². The third-order valence-electron chi connectivity index (χ3n) is 2.90. The van der Waals surface area contributed by atoms with Gasteiger partial charge in [0.2, 0.25) is 5.91 Å². The second-order valence-corrected chi connectivity index (χ2v) is 8.68. The second-order valence-electron chi connectivity index (χ2n) is 7.11. The lowest BCUT2D eigenvalue weighted by Crippen LogP contribution is -2.46. The maximum Gasteiger partial charge on any atom is 0.265 e. The van der Waals surface area contributed by atoms with Gasteiger partial charge in [-0.25, -0.2) is 0 Å². The number of amides is 1. The minimum Gasteiger partial charge on any atom is -0.350 e. The van der Waals surface area contributed by atoms with Crippen molar-refractivity contribution in [1.29, 1.82) is 0 Å². The Bertz CT molecular complexity index is 411. The van der Waals surface area contributed by atoms with Crippen molar-refractivity contribution in [3.05, 3.63) is 0 Å². The molecule has 0 radical (unpaired) electrons. The van der Waals surface area contributed by atoms with Crippen molar-refractivity contribution in [2.45, 2.75) is 33.6 Å². The molecule has 0 heterocycles. The van der Waals surface area contributed by atoms with Crippen LogP contribution >= 0.6 is 0 Å². The Labute approximate surface area is 122 Å². The van der Waals surface area contributed by atoms with Crippen LogP contribution in [-0.4, -0.2) is 62.8 Å². The molecule has 20 heavy (non-hydrogen) atoms. The van der Waals surface area contributed by atoms with Crippen LogP contribution in [0.5, 0.6) is 0 Å². The number of carbonyl (C=O) groups excluding carboxylic acids is 1. The van der Waals surface area contributed by atoms with E-state index in [1.54, 1.807) is 0 Å². The van der Waals surface area contributed by atoms with Crippen LogP contribution in [0.3, 0.4) is 0 Å². The Hall–Kier alpha value is -0.660. The van der Waals surface area contributed by atoms with Gasteiger partial charge in [-0.15, -0.1) is 0 Å². The molecule has 6 nitrogen and oxygen atoms in total. The molecule has 0 saturated carbocycles. The topological polar surface area (TPSA) is 83.5 Å². The molecule has 0 saturated heterocycles. The van der Waals surface area contributed by atoms with Crippen molar-refractivity contribution in [3.63, 3.8) is 0 Å². The second kappa shape index (κ2) is 7.38. The van der Waals surface area contributed by atoms with Gasteiger partial charge in [0.25, 0.3) is 10.1 Å². The van der Waals surface area contributed by atoms with E-state index in [-0.39, 0.29) is 17.1 Å². The number of nitrogens with one attached hydrogen (secondary N) is 1. The van der Waals surface area contributed by atoms with E-state index in [0.29, 0.717) is 30.4 Å². The summed E-state index contributed by atoms with van der Waals surface area (Å²) in [4.78, 5) is 11.7. The van der Waals surface area contributed by atoms with Gasteiger partial charge in [0.1, 0.15) is 0 Å². The molecular weight excluding hydrogens is 280 g/mol. The lowest BCUT2D eigenvalue weighted by atomic mass is 9.92. The van der Waals surface area contributed by atoms with E-state index in [9.17, 15) is 13.2 Å². The summed E-state index contributed by atoms with van der Waals surface area (Å²) in [6.07, 6.45) is 0.894. The van der Waals surface area contributed by atoms with Crippen LogP contribution < -0.4 is 5.32 Å². The molecule has 7 heteroatoms. The normalized spacial score (nSPS) is 13.3. The molecule has 0 aromatic rings. The highest BCUT2D eigenvalue weighted by Gasteiger charge is 2.19. The average molecular weight is 309 g/mol. The maximum atomic E-state index is 11.7. The third-order valence-corrected chi connectivity index (χ3v) is 3.70. The molecule has 0 aliphatic rings. The molecular formula is C13H29N2O4S+. The van der Waals surface area contributed by atoms with Crippen molar-refractivity contribution in [3.8, 4) is 0 Å². The number of carbonyl (C=O) groups is 1. The van der Waals surface area contributed by atoms with Gasteiger partial charge >= 0.3 is 0 Å². The van der Waals surface area contributed by atoms with Crippen molar-refractivity contribution >= 4 is 16.0 Å². The Morgan fingerprint density at radius 2 is 1.75 bits per heavy atom. The van der Waals surface area contributed by atoms with Crippen LogP contribution in [0.1, 0.15) is 33.6 Å². The van der Waals surface area contributed by atoms with Gasteiger partial charge in [0, 0.05) is 12.8 Å². The molecule has 120 valence electrons. The molecule has 1 amide bonds. The summed E-state index contributed by atoms with van der Waals surface area (Å²) in [5.41, 5.74) is -0.0239. The summed E-state index contributed by atoms with van der Waals surface area (Å²) in [6, 6.07) is 0. The highest BCUT2D eigenvalue weighted by Crippen LogP contribution is 2.17. The largest absolute Gasteiger partial charge is 0.350 e. The van der Waals surface area contributed by atoms with E-state index in [1.807, 2.05) is 34.9 Å². The fraction of sp³-hybridized carbons (Fsp3) is 0.923. The Kier molecular flexibility index (Phi) is 7.13. The van der Waals surface area contributed by atoms with Crippen LogP contribution in [0.25, 0.3) is 0 Å². The molecule has 0 atom stereocenters. The first-order valence-corrected chi connectivity index (χ1v) is 8.46. The summed E-state index contributed by atoms with van der Waals surface area (Å²) >= 11 is 0. The molecule has 0 rings (SSSR count). The van der Waals surface area contributed by atoms with Gasteiger partial charge in [0.15, 0.2) is 0 Å². The number of rotatable bonds is 8. The lowest BCUT2D eigenvalue weighted by molar-refractivity contribution is -0.889. The van der Waals surface area contributed by atoms with Crippen LogP contribution in [0.15, 0.2) is 0 Å². The fourth-order valence-corrected chi connectivity index (χ4v) is 2.32. The standard InChI is InChI=1S/C13H28N2O4S/c1-13(2,3)11-12(16)14-7-9-15(4,5)8-6-10-20(17,18)19/h6-11H2,1-5H3,(H-,14,16,17,18,19)/p+1. The molecule has 0 bridgehead atoms. The van der Waals surface area contributed by atoms with Gasteiger partial charge < -0.3 is 9.80 Å². The first-order valence-electron chi connectivity index (χ1n) is 6.85. The predicted molar refractivity (Wildman–Crippen MR) is 80.0 cm³/mol. The Morgan fingerprint density at radius 3 is 2.20 bits per heavy atom. The highest BCUT2D eigenvalue weighted by atomic mass is 32.2. The predicted octanol–water partition coefficient (Wildman–Crippen LogP) is 0.893. The van der Waals surface area contributed by atoms with E-state index in [2.05, 4.69) is 5.32 Å². The quantitative estimate of drug-likeness (QED) is 0.515. The number of likely N-dealkylation sites (N-methyl/N-ethyl adjacent to an activating group) is 1. The first kappa shape index (κ1) is 19.3. The van der Waals surface area contributed by atoms with E-state index in [0.717, 1.165) is 6.54 Å². The van der Waals surface area contributed by atoms with Crippen molar-refractivity contribution in [2.75, 3.05) is 39.5 Å². The van der Waals surface area contributed by atoms with E-state index < -0.39 is 10.1 Å². The minimum absolute atomic E-state index is 0.0239. The molecule has 0 fully saturated rings. The molecule has 0 spiro atoms. The third kappa shape index (κ3) is 12.4. The van der Waals surface area contributed by atoms with Gasteiger partial charge in [0.05, 0.1) is 39.5 Å². The number of hydrogen-bond acceptors (Lipinski definition) is 3. The average Bonchev–Trinajstić information content (AvgIpc) is 2.10. The van der Waals surface area contributed by atoms with Gasteiger partial charge in [-0.05, 0) is 5.41 Å². The smallest absolute Gasteiger partial charge is 0.265 e. The van der Waals surface area contributed by atoms with Crippen LogP contribution in [0, 0.1) is 5.41 Å². The van der Waals surface area contributed by atoms with E-state index >= 15 is 0 Å². The lowest BCUT2D eigenvalue weighted by Gasteiger charge is -2.30. The summed E-state index contributed by atoms with van der Waals surface area (Å²) in [6.45, 7) is 7.97.